The first-order valence-electron chi connectivity index (χ1n) is 9.13. The van der Waals surface area contributed by atoms with Crippen LogP contribution >= 0.6 is 0 Å². The molecule has 0 saturated carbocycles. The van der Waals surface area contributed by atoms with Gasteiger partial charge in [-0.2, -0.15) is 0 Å². The number of nitrogens with zero attached hydrogens (tertiary/aromatic N) is 2. The van der Waals surface area contributed by atoms with Gasteiger partial charge < -0.3 is 9.64 Å². The number of benzene rings is 2. The Kier molecular flexibility index (Phi) is 4.63. The van der Waals surface area contributed by atoms with E-state index in [-0.39, 0.29) is 11.3 Å². The standard InChI is InChI=1S/C23H22N2O2/c1-23(14-18-6-3-2-4-7-18)16-25(17-23)22(26)19-9-11-20(12-10-19)27-21-8-5-13-24-15-21/h2-13,15H,14,16-17H2,1H3. The predicted molar refractivity (Wildman–Crippen MR) is 105 cm³/mol. The molecule has 1 aromatic heterocycles. The van der Waals surface area contributed by atoms with Crippen molar-refractivity contribution in [2.45, 2.75) is 13.3 Å². The highest BCUT2D eigenvalue weighted by Crippen LogP contribution is 2.34. The highest BCUT2D eigenvalue weighted by molar-refractivity contribution is 5.95. The van der Waals surface area contributed by atoms with Crippen LogP contribution in [0.25, 0.3) is 0 Å². The average Bonchev–Trinajstić information content (AvgIpc) is 2.68. The van der Waals surface area contributed by atoms with Gasteiger partial charge in [0, 0.05) is 30.3 Å². The molecular weight excluding hydrogens is 336 g/mol. The van der Waals surface area contributed by atoms with E-state index in [1.807, 2.05) is 47.4 Å². The smallest absolute Gasteiger partial charge is 0.253 e. The van der Waals surface area contributed by atoms with Crippen molar-refractivity contribution in [2.24, 2.45) is 5.41 Å². The Hall–Kier alpha value is -3.14. The summed E-state index contributed by atoms with van der Waals surface area (Å²) in [7, 11) is 0. The topological polar surface area (TPSA) is 42.4 Å². The van der Waals surface area contributed by atoms with Crippen molar-refractivity contribution < 1.29 is 9.53 Å². The summed E-state index contributed by atoms with van der Waals surface area (Å²) in [6.07, 6.45) is 4.36. The Morgan fingerprint density at radius 3 is 2.41 bits per heavy atom. The lowest BCUT2D eigenvalue weighted by atomic mass is 9.76. The molecule has 4 heteroatoms. The highest BCUT2D eigenvalue weighted by atomic mass is 16.5. The lowest BCUT2D eigenvalue weighted by Gasteiger charge is -2.48. The molecule has 0 bridgehead atoms. The van der Waals surface area contributed by atoms with Crippen LogP contribution in [0, 0.1) is 5.41 Å². The van der Waals surface area contributed by atoms with Crippen molar-refractivity contribution in [3.63, 3.8) is 0 Å². The number of carbonyl (C=O) groups excluding carboxylic acids is 1. The van der Waals surface area contributed by atoms with Gasteiger partial charge in [-0.1, -0.05) is 37.3 Å². The SMILES string of the molecule is CC1(Cc2ccccc2)CN(C(=O)c2ccc(Oc3cccnc3)cc2)C1. The largest absolute Gasteiger partial charge is 0.456 e. The fourth-order valence-electron chi connectivity index (χ4n) is 3.61. The summed E-state index contributed by atoms with van der Waals surface area (Å²) in [5.74, 6) is 1.45. The minimum absolute atomic E-state index is 0.0773. The van der Waals surface area contributed by atoms with Crippen molar-refractivity contribution >= 4 is 5.91 Å². The number of likely N-dealkylation sites (tertiary alicyclic amines) is 1. The molecule has 0 N–H and O–H groups in total. The molecule has 0 radical (unpaired) electrons. The van der Waals surface area contributed by atoms with Crippen molar-refractivity contribution in [3.8, 4) is 11.5 Å². The quantitative estimate of drug-likeness (QED) is 0.670. The lowest BCUT2D eigenvalue weighted by molar-refractivity contribution is 0.0153. The number of ether oxygens (including phenoxy) is 1. The minimum atomic E-state index is 0.0773. The van der Waals surface area contributed by atoms with Gasteiger partial charge >= 0.3 is 0 Å². The second-order valence-corrected chi connectivity index (χ2v) is 7.45. The number of aromatic nitrogens is 1. The third-order valence-electron chi connectivity index (χ3n) is 4.88. The Morgan fingerprint density at radius 1 is 1.00 bits per heavy atom. The van der Waals surface area contributed by atoms with E-state index in [1.165, 1.54) is 5.56 Å². The van der Waals surface area contributed by atoms with Gasteiger partial charge in [-0.3, -0.25) is 9.78 Å². The molecule has 1 amide bonds. The zero-order valence-corrected chi connectivity index (χ0v) is 15.3. The van der Waals surface area contributed by atoms with Crippen LogP contribution in [0.4, 0.5) is 0 Å². The summed E-state index contributed by atoms with van der Waals surface area (Å²) in [5.41, 5.74) is 2.17. The Balaban J connectivity index is 1.35. The molecule has 0 unspecified atom stereocenters. The summed E-state index contributed by atoms with van der Waals surface area (Å²) in [6, 6.07) is 21.4. The summed E-state index contributed by atoms with van der Waals surface area (Å²) < 4.78 is 5.73. The molecule has 136 valence electrons. The monoisotopic (exact) mass is 358 g/mol. The summed E-state index contributed by atoms with van der Waals surface area (Å²) in [5, 5.41) is 0. The maximum absolute atomic E-state index is 12.7. The van der Waals surface area contributed by atoms with Crippen LogP contribution in [0.3, 0.4) is 0 Å². The first-order valence-corrected chi connectivity index (χ1v) is 9.13. The molecule has 4 nitrogen and oxygen atoms in total. The molecule has 2 aromatic carbocycles. The van der Waals surface area contributed by atoms with Gasteiger partial charge in [-0.05, 0) is 48.4 Å². The molecule has 4 rings (SSSR count). The van der Waals surface area contributed by atoms with Crippen LogP contribution in [-0.4, -0.2) is 28.9 Å². The fraction of sp³-hybridized carbons (Fsp3) is 0.217. The predicted octanol–water partition coefficient (Wildman–Crippen LogP) is 4.58. The molecule has 1 saturated heterocycles. The second-order valence-electron chi connectivity index (χ2n) is 7.45. The fourth-order valence-corrected chi connectivity index (χ4v) is 3.61. The van der Waals surface area contributed by atoms with Gasteiger partial charge in [0.2, 0.25) is 0 Å². The summed E-state index contributed by atoms with van der Waals surface area (Å²) in [6.45, 7) is 3.82. The molecule has 1 aliphatic rings. The molecule has 27 heavy (non-hydrogen) atoms. The van der Waals surface area contributed by atoms with Crippen LogP contribution in [-0.2, 0) is 6.42 Å². The first kappa shape index (κ1) is 17.3. The number of hydrogen-bond acceptors (Lipinski definition) is 3. The molecule has 3 aromatic rings. The van der Waals surface area contributed by atoms with E-state index in [2.05, 4.69) is 36.2 Å². The molecule has 0 spiro atoms. The van der Waals surface area contributed by atoms with Crippen molar-refractivity contribution in [1.82, 2.24) is 9.88 Å². The lowest BCUT2D eigenvalue weighted by Crippen LogP contribution is -2.57. The number of amides is 1. The van der Waals surface area contributed by atoms with Crippen LogP contribution < -0.4 is 4.74 Å². The van der Waals surface area contributed by atoms with E-state index in [1.54, 1.807) is 12.4 Å². The molecule has 0 aliphatic carbocycles. The number of rotatable bonds is 5. The van der Waals surface area contributed by atoms with Gasteiger partial charge in [0.1, 0.15) is 11.5 Å². The van der Waals surface area contributed by atoms with Gasteiger partial charge in [0.15, 0.2) is 0 Å². The normalized spacial score (nSPS) is 15.1. The van der Waals surface area contributed by atoms with E-state index >= 15 is 0 Å². The van der Waals surface area contributed by atoms with Gasteiger partial charge in [-0.15, -0.1) is 0 Å². The highest BCUT2D eigenvalue weighted by Gasteiger charge is 2.41. The van der Waals surface area contributed by atoms with Crippen LogP contribution in [0.5, 0.6) is 11.5 Å². The van der Waals surface area contributed by atoms with Crippen molar-refractivity contribution in [3.05, 3.63) is 90.3 Å². The van der Waals surface area contributed by atoms with Gasteiger partial charge in [-0.25, -0.2) is 0 Å². The van der Waals surface area contributed by atoms with Gasteiger partial charge in [0.05, 0.1) is 6.20 Å². The summed E-state index contributed by atoms with van der Waals surface area (Å²) >= 11 is 0. The van der Waals surface area contributed by atoms with E-state index in [4.69, 9.17) is 4.74 Å². The Morgan fingerprint density at radius 2 is 1.74 bits per heavy atom. The van der Waals surface area contributed by atoms with Crippen molar-refractivity contribution in [2.75, 3.05) is 13.1 Å². The molecule has 0 atom stereocenters. The van der Waals surface area contributed by atoms with Crippen LogP contribution in [0.2, 0.25) is 0 Å². The second kappa shape index (κ2) is 7.23. The van der Waals surface area contributed by atoms with Crippen LogP contribution in [0.1, 0.15) is 22.8 Å². The minimum Gasteiger partial charge on any atom is -0.456 e. The van der Waals surface area contributed by atoms with Gasteiger partial charge in [0.25, 0.3) is 5.91 Å². The number of hydrogen-bond donors (Lipinski definition) is 0. The maximum Gasteiger partial charge on any atom is 0.253 e. The zero-order valence-electron chi connectivity index (χ0n) is 15.3. The summed E-state index contributed by atoms with van der Waals surface area (Å²) in [4.78, 5) is 18.7. The van der Waals surface area contributed by atoms with E-state index in [0.717, 1.165) is 19.5 Å². The molecule has 1 fully saturated rings. The molecule has 2 heterocycles. The third-order valence-corrected chi connectivity index (χ3v) is 4.88. The Labute approximate surface area is 159 Å². The number of pyridine rings is 1. The Bertz CT molecular complexity index is 902. The third kappa shape index (κ3) is 4.00. The molecule has 1 aliphatic heterocycles. The average molecular weight is 358 g/mol. The first-order chi connectivity index (χ1) is 13.1. The number of carbonyl (C=O) groups is 1. The zero-order chi connectivity index (χ0) is 18.7. The maximum atomic E-state index is 12.7. The van der Waals surface area contributed by atoms with E-state index in [0.29, 0.717) is 17.1 Å². The van der Waals surface area contributed by atoms with E-state index in [9.17, 15) is 4.79 Å². The molecular formula is C23H22N2O2. The van der Waals surface area contributed by atoms with Crippen molar-refractivity contribution in [1.29, 1.82) is 0 Å². The van der Waals surface area contributed by atoms with Crippen LogP contribution in [0.15, 0.2) is 79.1 Å². The van der Waals surface area contributed by atoms with E-state index < -0.39 is 0 Å².